The van der Waals surface area contributed by atoms with Crippen LogP contribution in [0.5, 0.6) is 0 Å². The van der Waals surface area contributed by atoms with Crippen LogP contribution < -0.4 is 11.1 Å². The zero-order valence-corrected chi connectivity index (χ0v) is 11.6. The van der Waals surface area contributed by atoms with Crippen LogP contribution in [0.2, 0.25) is 0 Å². The normalized spacial score (nSPS) is 16.9. The standard InChI is InChI=1S/C13H28N2O2/c1-9(2)10(3)13(17)15-12(11(4)16)7-5-6-8-14/h9-10,12-13,15,17H,5-8,14H2,1-4H3. The van der Waals surface area contributed by atoms with E-state index in [0.717, 1.165) is 19.3 Å². The molecule has 0 saturated heterocycles. The number of hydrogen-bond donors (Lipinski definition) is 3. The molecular weight excluding hydrogens is 216 g/mol. The predicted molar refractivity (Wildman–Crippen MR) is 70.5 cm³/mol. The molecule has 0 rings (SSSR count). The quantitative estimate of drug-likeness (QED) is 0.422. The van der Waals surface area contributed by atoms with E-state index in [-0.39, 0.29) is 17.7 Å². The lowest BCUT2D eigenvalue weighted by atomic mass is 9.95. The molecule has 0 radical (unpaired) electrons. The van der Waals surface area contributed by atoms with Gasteiger partial charge in [-0.1, -0.05) is 27.2 Å². The Morgan fingerprint density at radius 2 is 1.88 bits per heavy atom. The van der Waals surface area contributed by atoms with Gasteiger partial charge in [0.05, 0.1) is 6.04 Å². The number of rotatable bonds is 9. The third kappa shape index (κ3) is 6.76. The predicted octanol–water partition coefficient (Wildman–Crippen LogP) is 1.27. The number of unbranched alkanes of at least 4 members (excludes halogenated alkanes) is 1. The maximum atomic E-state index is 11.5. The Labute approximate surface area is 105 Å². The second-order valence-electron chi connectivity index (χ2n) is 5.16. The Balaban J connectivity index is 4.19. The first-order valence-corrected chi connectivity index (χ1v) is 6.54. The van der Waals surface area contributed by atoms with Crippen LogP contribution in [0.25, 0.3) is 0 Å². The summed E-state index contributed by atoms with van der Waals surface area (Å²) in [6.07, 6.45) is 1.95. The van der Waals surface area contributed by atoms with Crippen molar-refractivity contribution in [2.24, 2.45) is 17.6 Å². The lowest BCUT2D eigenvalue weighted by molar-refractivity contribution is -0.120. The average molecular weight is 244 g/mol. The van der Waals surface area contributed by atoms with Crippen molar-refractivity contribution in [3.63, 3.8) is 0 Å². The van der Waals surface area contributed by atoms with E-state index in [1.165, 1.54) is 0 Å². The van der Waals surface area contributed by atoms with E-state index in [2.05, 4.69) is 19.2 Å². The largest absolute Gasteiger partial charge is 0.378 e. The Bertz CT molecular complexity index is 219. The van der Waals surface area contributed by atoms with Crippen molar-refractivity contribution in [2.75, 3.05) is 6.54 Å². The summed E-state index contributed by atoms with van der Waals surface area (Å²) < 4.78 is 0. The summed E-state index contributed by atoms with van der Waals surface area (Å²) in [6.45, 7) is 8.32. The van der Waals surface area contributed by atoms with Crippen molar-refractivity contribution in [1.82, 2.24) is 5.32 Å². The zero-order chi connectivity index (χ0) is 13.4. The smallest absolute Gasteiger partial charge is 0.146 e. The highest BCUT2D eigenvalue weighted by atomic mass is 16.3. The number of aliphatic hydroxyl groups excluding tert-OH is 1. The number of hydrogen-bond acceptors (Lipinski definition) is 4. The molecule has 0 bridgehead atoms. The molecule has 4 N–H and O–H groups in total. The number of Topliss-reactive ketones (excluding diaryl/α,β-unsaturated/α-hetero) is 1. The Kier molecular flexibility index (Phi) is 8.39. The van der Waals surface area contributed by atoms with Gasteiger partial charge in [-0.3, -0.25) is 10.1 Å². The Hall–Kier alpha value is -0.450. The number of carbonyl (C=O) groups excluding carboxylic acids is 1. The molecule has 0 fully saturated rings. The van der Waals surface area contributed by atoms with Gasteiger partial charge in [0.2, 0.25) is 0 Å². The van der Waals surface area contributed by atoms with Crippen LogP contribution in [0.3, 0.4) is 0 Å². The summed E-state index contributed by atoms with van der Waals surface area (Å²) in [5, 5.41) is 13.0. The van der Waals surface area contributed by atoms with Crippen molar-refractivity contribution >= 4 is 5.78 Å². The molecule has 0 amide bonds. The molecule has 0 spiro atoms. The highest BCUT2D eigenvalue weighted by Gasteiger charge is 2.22. The van der Waals surface area contributed by atoms with Crippen molar-refractivity contribution in [3.8, 4) is 0 Å². The van der Waals surface area contributed by atoms with Crippen LogP contribution >= 0.6 is 0 Å². The molecule has 0 aliphatic rings. The molecule has 4 nitrogen and oxygen atoms in total. The lowest BCUT2D eigenvalue weighted by Gasteiger charge is -2.27. The molecule has 0 saturated carbocycles. The first-order chi connectivity index (χ1) is 7.90. The molecule has 102 valence electrons. The van der Waals surface area contributed by atoms with E-state index in [4.69, 9.17) is 5.73 Å². The monoisotopic (exact) mass is 244 g/mol. The number of carbonyl (C=O) groups is 1. The van der Waals surface area contributed by atoms with E-state index in [9.17, 15) is 9.90 Å². The first kappa shape index (κ1) is 16.6. The van der Waals surface area contributed by atoms with Gasteiger partial charge in [0.25, 0.3) is 0 Å². The lowest BCUT2D eigenvalue weighted by Crippen LogP contribution is -2.46. The van der Waals surface area contributed by atoms with Crippen LogP contribution in [-0.4, -0.2) is 29.7 Å². The van der Waals surface area contributed by atoms with Crippen molar-refractivity contribution in [2.45, 2.75) is 59.2 Å². The average Bonchev–Trinajstić information content (AvgIpc) is 2.26. The SMILES string of the molecule is CC(=O)C(CCCCN)NC(O)C(C)C(C)C. The van der Waals surface area contributed by atoms with Gasteiger partial charge in [-0.15, -0.1) is 0 Å². The fraction of sp³-hybridized carbons (Fsp3) is 0.923. The summed E-state index contributed by atoms with van der Waals surface area (Å²) in [5.74, 6) is 0.595. The van der Waals surface area contributed by atoms with Crippen molar-refractivity contribution in [1.29, 1.82) is 0 Å². The molecule has 4 heteroatoms. The van der Waals surface area contributed by atoms with Crippen LogP contribution in [0.4, 0.5) is 0 Å². The summed E-state index contributed by atoms with van der Waals surface area (Å²) in [4.78, 5) is 11.5. The van der Waals surface area contributed by atoms with Gasteiger partial charge in [0.1, 0.15) is 12.0 Å². The molecule has 0 heterocycles. The van der Waals surface area contributed by atoms with E-state index in [0.29, 0.717) is 12.5 Å². The van der Waals surface area contributed by atoms with Crippen LogP contribution in [0, 0.1) is 11.8 Å². The van der Waals surface area contributed by atoms with Gasteiger partial charge >= 0.3 is 0 Å². The molecule has 0 aromatic carbocycles. The number of ketones is 1. The molecule has 0 aromatic rings. The first-order valence-electron chi connectivity index (χ1n) is 6.54. The van der Waals surface area contributed by atoms with Gasteiger partial charge in [0, 0.05) is 0 Å². The minimum absolute atomic E-state index is 0.0806. The van der Waals surface area contributed by atoms with Crippen molar-refractivity contribution < 1.29 is 9.90 Å². The molecule has 0 aliphatic heterocycles. The topological polar surface area (TPSA) is 75.4 Å². The van der Waals surface area contributed by atoms with Crippen LogP contribution in [0.1, 0.15) is 47.0 Å². The molecule has 0 aromatic heterocycles. The van der Waals surface area contributed by atoms with Gasteiger partial charge in [-0.05, 0) is 38.1 Å². The molecule has 3 unspecified atom stereocenters. The number of nitrogens with two attached hydrogens (primary N) is 1. The molecule has 17 heavy (non-hydrogen) atoms. The zero-order valence-electron chi connectivity index (χ0n) is 11.6. The summed E-state index contributed by atoms with van der Waals surface area (Å²) >= 11 is 0. The summed E-state index contributed by atoms with van der Waals surface area (Å²) in [5.41, 5.74) is 5.43. The number of aliphatic hydroxyl groups is 1. The maximum absolute atomic E-state index is 11.5. The fourth-order valence-corrected chi connectivity index (χ4v) is 1.62. The third-order valence-corrected chi connectivity index (χ3v) is 3.36. The van der Waals surface area contributed by atoms with Crippen LogP contribution in [-0.2, 0) is 4.79 Å². The number of nitrogens with one attached hydrogen (secondary N) is 1. The van der Waals surface area contributed by atoms with Gasteiger partial charge < -0.3 is 10.8 Å². The second kappa shape index (κ2) is 8.61. The second-order valence-corrected chi connectivity index (χ2v) is 5.16. The van der Waals surface area contributed by atoms with E-state index in [1.807, 2.05) is 6.92 Å². The van der Waals surface area contributed by atoms with E-state index in [1.54, 1.807) is 6.92 Å². The molecular formula is C13H28N2O2. The van der Waals surface area contributed by atoms with Crippen molar-refractivity contribution in [3.05, 3.63) is 0 Å². The van der Waals surface area contributed by atoms with Gasteiger partial charge in [-0.25, -0.2) is 0 Å². The van der Waals surface area contributed by atoms with E-state index < -0.39 is 6.23 Å². The Morgan fingerprint density at radius 1 is 1.29 bits per heavy atom. The summed E-state index contributed by atoms with van der Waals surface area (Å²) in [7, 11) is 0. The van der Waals surface area contributed by atoms with E-state index >= 15 is 0 Å². The van der Waals surface area contributed by atoms with Gasteiger partial charge in [-0.2, -0.15) is 0 Å². The van der Waals surface area contributed by atoms with Crippen LogP contribution in [0.15, 0.2) is 0 Å². The fourth-order valence-electron chi connectivity index (χ4n) is 1.62. The maximum Gasteiger partial charge on any atom is 0.146 e. The minimum Gasteiger partial charge on any atom is -0.378 e. The third-order valence-electron chi connectivity index (χ3n) is 3.36. The van der Waals surface area contributed by atoms with Gasteiger partial charge in [0.15, 0.2) is 0 Å². The molecule has 3 atom stereocenters. The highest BCUT2D eigenvalue weighted by molar-refractivity contribution is 5.81. The molecule has 0 aliphatic carbocycles. The Morgan fingerprint density at radius 3 is 2.29 bits per heavy atom. The highest BCUT2D eigenvalue weighted by Crippen LogP contribution is 2.14. The summed E-state index contributed by atoms with van der Waals surface area (Å²) in [6, 6.07) is -0.252. The minimum atomic E-state index is -0.623.